The first-order valence-corrected chi connectivity index (χ1v) is 9.98. The Kier molecular flexibility index (Phi) is 7.41. The number of carbonyl (C=O) groups excluding carboxylic acids is 2. The quantitative estimate of drug-likeness (QED) is 0.701. The van der Waals surface area contributed by atoms with Gasteiger partial charge in [0.15, 0.2) is 5.16 Å². The van der Waals surface area contributed by atoms with Crippen LogP contribution in [0.25, 0.3) is 5.69 Å². The Morgan fingerprint density at radius 3 is 2.63 bits per heavy atom. The molecule has 0 atom stereocenters. The zero-order valence-electron chi connectivity index (χ0n) is 16.5. The summed E-state index contributed by atoms with van der Waals surface area (Å²) in [6.07, 6.45) is 1.64. The summed E-state index contributed by atoms with van der Waals surface area (Å²) >= 11 is 1.32. The fourth-order valence-corrected chi connectivity index (χ4v) is 3.34. The van der Waals surface area contributed by atoms with Gasteiger partial charge in [-0.25, -0.2) is 0 Å². The summed E-state index contributed by atoms with van der Waals surface area (Å²) in [6, 6.07) is 6.18. The Balaban J connectivity index is 2.02. The summed E-state index contributed by atoms with van der Waals surface area (Å²) in [7, 11) is 0. The van der Waals surface area contributed by atoms with Crippen LogP contribution in [0, 0.1) is 13.8 Å². The minimum absolute atomic E-state index is 0.0530. The molecule has 146 valence electrons. The van der Waals surface area contributed by atoms with Crippen LogP contribution in [0.3, 0.4) is 0 Å². The molecule has 0 aliphatic rings. The molecule has 0 fully saturated rings. The first kappa shape index (κ1) is 21.0. The van der Waals surface area contributed by atoms with Gasteiger partial charge < -0.3 is 10.2 Å². The van der Waals surface area contributed by atoms with Crippen molar-refractivity contribution in [2.75, 3.05) is 18.8 Å². The monoisotopic (exact) mass is 389 g/mol. The smallest absolute Gasteiger partial charge is 0.239 e. The highest BCUT2D eigenvalue weighted by Crippen LogP contribution is 2.21. The van der Waals surface area contributed by atoms with E-state index < -0.39 is 0 Å². The molecule has 1 N–H and O–H groups in total. The number of aromatic nitrogens is 3. The SMILES string of the molecule is CCN(CC(=O)NC(C)C)C(=O)CSc1nncn1-c1ccc(C)c(C)c1. The van der Waals surface area contributed by atoms with Crippen molar-refractivity contribution in [2.45, 2.75) is 45.8 Å². The molecule has 0 aliphatic heterocycles. The van der Waals surface area contributed by atoms with Crippen molar-refractivity contribution in [3.8, 4) is 5.69 Å². The van der Waals surface area contributed by atoms with Gasteiger partial charge in [-0.2, -0.15) is 0 Å². The van der Waals surface area contributed by atoms with E-state index in [0.717, 1.165) is 5.69 Å². The lowest BCUT2D eigenvalue weighted by molar-refractivity contribution is -0.134. The summed E-state index contributed by atoms with van der Waals surface area (Å²) in [6.45, 7) is 10.3. The van der Waals surface area contributed by atoms with Crippen LogP contribution in [0.4, 0.5) is 0 Å². The van der Waals surface area contributed by atoms with Crippen LogP contribution in [0.2, 0.25) is 0 Å². The number of amides is 2. The standard InChI is InChI=1S/C19H27N5O2S/c1-6-23(10-17(25)21-13(2)3)18(26)11-27-19-22-20-12-24(19)16-8-7-14(4)15(5)9-16/h7-9,12-13H,6,10-11H2,1-5H3,(H,21,25). The highest BCUT2D eigenvalue weighted by atomic mass is 32.2. The maximum absolute atomic E-state index is 12.5. The van der Waals surface area contributed by atoms with Crippen LogP contribution in [0.1, 0.15) is 31.9 Å². The highest BCUT2D eigenvalue weighted by Gasteiger charge is 2.18. The van der Waals surface area contributed by atoms with Crippen LogP contribution in [0.5, 0.6) is 0 Å². The maximum Gasteiger partial charge on any atom is 0.239 e. The van der Waals surface area contributed by atoms with Crippen LogP contribution < -0.4 is 5.32 Å². The van der Waals surface area contributed by atoms with E-state index in [4.69, 9.17) is 0 Å². The largest absolute Gasteiger partial charge is 0.352 e. The Hall–Kier alpha value is -2.35. The summed E-state index contributed by atoms with van der Waals surface area (Å²) in [5.41, 5.74) is 3.36. The summed E-state index contributed by atoms with van der Waals surface area (Å²) < 4.78 is 1.87. The van der Waals surface area contributed by atoms with Crippen molar-refractivity contribution in [2.24, 2.45) is 0 Å². The molecule has 1 heterocycles. The molecule has 2 rings (SSSR count). The maximum atomic E-state index is 12.5. The highest BCUT2D eigenvalue weighted by molar-refractivity contribution is 7.99. The molecule has 0 saturated carbocycles. The molecule has 27 heavy (non-hydrogen) atoms. The van der Waals surface area contributed by atoms with Crippen LogP contribution in [-0.2, 0) is 9.59 Å². The third-order valence-electron chi connectivity index (χ3n) is 4.13. The molecule has 7 nitrogen and oxygen atoms in total. The van der Waals surface area contributed by atoms with Gasteiger partial charge in [0.05, 0.1) is 12.3 Å². The molecular weight excluding hydrogens is 362 g/mol. The molecule has 0 unspecified atom stereocenters. The van der Waals surface area contributed by atoms with Gasteiger partial charge in [0.25, 0.3) is 0 Å². The van der Waals surface area contributed by atoms with Gasteiger partial charge in [-0.15, -0.1) is 10.2 Å². The Morgan fingerprint density at radius 2 is 2.00 bits per heavy atom. The molecule has 0 saturated heterocycles. The molecule has 0 aliphatic carbocycles. The van der Waals surface area contributed by atoms with Gasteiger partial charge >= 0.3 is 0 Å². The van der Waals surface area contributed by atoms with Gasteiger partial charge in [0, 0.05) is 18.3 Å². The molecule has 2 amide bonds. The van der Waals surface area contributed by atoms with Gasteiger partial charge in [-0.05, 0) is 57.9 Å². The number of likely N-dealkylation sites (N-methyl/N-ethyl adjacent to an activating group) is 1. The number of nitrogens with zero attached hydrogens (tertiary/aromatic N) is 4. The molecule has 0 radical (unpaired) electrons. The zero-order chi connectivity index (χ0) is 20.0. The zero-order valence-corrected chi connectivity index (χ0v) is 17.3. The summed E-state index contributed by atoms with van der Waals surface area (Å²) in [5, 5.41) is 11.6. The molecule has 1 aromatic heterocycles. The third kappa shape index (κ3) is 5.82. The minimum Gasteiger partial charge on any atom is -0.352 e. The lowest BCUT2D eigenvalue weighted by Gasteiger charge is -2.21. The average molecular weight is 390 g/mol. The number of benzene rings is 1. The van der Waals surface area contributed by atoms with Crippen molar-refractivity contribution in [1.29, 1.82) is 0 Å². The van der Waals surface area contributed by atoms with E-state index in [-0.39, 0.29) is 30.2 Å². The molecule has 8 heteroatoms. The van der Waals surface area contributed by atoms with Crippen molar-refractivity contribution >= 4 is 23.6 Å². The predicted molar refractivity (Wildman–Crippen MR) is 107 cm³/mol. The van der Waals surface area contributed by atoms with Crippen LogP contribution in [-0.4, -0.2) is 56.4 Å². The van der Waals surface area contributed by atoms with Crippen LogP contribution >= 0.6 is 11.8 Å². The second kappa shape index (κ2) is 9.55. The van der Waals surface area contributed by atoms with Gasteiger partial charge in [0.2, 0.25) is 11.8 Å². The number of aryl methyl sites for hydroxylation is 2. The van der Waals surface area contributed by atoms with Crippen molar-refractivity contribution in [3.05, 3.63) is 35.7 Å². The normalized spacial score (nSPS) is 10.9. The van der Waals surface area contributed by atoms with Gasteiger partial charge in [0.1, 0.15) is 6.33 Å². The average Bonchev–Trinajstić information content (AvgIpc) is 3.07. The summed E-state index contributed by atoms with van der Waals surface area (Å²) in [4.78, 5) is 26.0. The first-order chi connectivity index (χ1) is 12.8. The van der Waals surface area contributed by atoms with E-state index in [1.165, 1.54) is 22.9 Å². The topological polar surface area (TPSA) is 80.1 Å². The lowest BCUT2D eigenvalue weighted by Crippen LogP contribution is -2.43. The van der Waals surface area contributed by atoms with Crippen molar-refractivity contribution in [3.63, 3.8) is 0 Å². The minimum atomic E-state index is -0.150. The van der Waals surface area contributed by atoms with Gasteiger partial charge in [-0.1, -0.05) is 17.8 Å². The van der Waals surface area contributed by atoms with Crippen molar-refractivity contribution < 1.29 is 9.59 Å². The number of hydrogen-bond donors (Lipinski definition) is 1. The third-order valence-corrected chi connectivity index (χ3v) is 5.06. The first-order valence-electron chi connectivity index (χ1n) is 8.99. The van der Waals surface area contributed by atoms with E-state index in [9.17, 15) is 9.59 Å². The lowest BCUT2D eigenvalue weighted by atomic mass is 10.1. The number of thioether (sulfide) groups is 1. The van der Waals surface area contributed by atoms with E-state index >= 15 is 0 Å². The van der Waals surface area contributed by atoms with Crippen molar-refractivity contribution in [1.82, 2.24) is 25.0 Å². The number of hydrogen-bond acceptors (Lipinski definition) is 5. The summed E-state index contributed by atoms with van der Waals surface area (Å²) in [5.74, 6) is -0.0497. The molecule has 0 spiro atoms. The Morgan fingerprint density at radius 1 is 1.26 bits per heavy atom. The molecular formula is C19H27N5O2S. The fourth-order valence-electron chi connectivity index (χ4n) is 2.51. The van der Waals surface area contributed by atoms with E-state index in [1.54, 1.807) is 11.2 Å². The van der Waals surface area contributed by atoms with Crippen LogP contribution in [0.15, 0.2) is 29.7 Å². The number of rotatable bonds is 8. The second-order valence-corrected chi connectivity index (χ2v) is 7.61. The van der Waals surface area contributed by atoms with E-state index in [0.29, 0.717) is 11.7 Å². The Bertz CT molecular complexity index is 803. The van der Waals surface area contributed by atoms with E-state index in [2.05, 4.69) is 41.5 Å². The number of nitrogens with one attached hydrogen (secondary N) is 1. The van der Waals surface area contributed by atoms with E-state index in [1.807, 2.05) is 31.4 Å². The Labute approximate surface area is 164 Å². The molecule has 1 aromatic carbocycles. The number of carbonyl (C=O) groups is 2. The molecule has 2 aromatic rings. The predicted octanol–water partition coefficient (Wildman–Crippen LogP) is 2.35. The fraction of sp³-hybridized carbons (Fsp3) is 0.474. The second-order valence-electron chi connectivity index (χ2n) is 6.67. The molecule has 0 bridgehead atoms. The van der Waals surface area contributed by atoms with Gasteiger partial charge in [-0.3, -0.25) is 14.2 Å².